The fraction of sp³-hybridized carbons (Fsp3) is 0.800. The van der Waals surface area contributed by atoms with Crippen LogP contribution in [0.3, 0.4) is 0 Å². The van der Waals surface area contributed by atoms with Crippen LogP contribution < -0.4 is 0 Å². The summed E-state index contributed by atoms with van der Waals surface area (Å²) in [4.78, 5) is 0. The maximum atomic E-state index is 11.8. The summed E-state index contributed by atoms with van der Waals surface area (Å²) in [5.74, 6) is 0. The van der Waals surface area contributed by atoms with Gasteiger partial charge in [-0.05, 0) is 32.1 Å². The Labute approximate surface area is 73.6 Å². The van der Waals surface area contributed by atoms with Gasteiger partial charge in [-0.2, -0.15) is 0 Å². The van der Waals surface area contributed by atoms with Gasteiger partial charge in [0.1, 0.15) is 6.67 Å². The average Bonchev–Trinajstić information content (AvgIpc) is 2.02. The van der Waals surface area contributed by atoms with Gasteiger partial charge < -0.3 is 4.74 Å². The van der Waals surface area contributed by atoms with Gasteiger partial charge in [0.15, 0.2) is 0 Å². The zero-order chi connectivity index (χ0) is 8.65. The van der Waals surface area contributed by atoms with E-state index < -0.39 is 0 Å². The van der Waals surface area contributed by atoms with Gasteiger partial charge >= 0.3 is 0 Å². The first-order valence-electron chi connectivity index (χ1n) is 4.76. The predicted molar refractivity (Wildman–Crippen MR) is 47.9 cm³/mol. The summed E-state index contributed by atoms with van der Waals surface area (Å²) in [7, 11) is 0. The van der Waals surface area contributed by atoms with E-state index in [4.69, 9.17) is 4.74 Å². The van der Waals surface area contributed by atoms with Crippen molar-refractivity contribution < 1.29 is 9.13 Å². The molecule has 0 saturated heterocycles. The molecule has 1 aliphatic rings. The quantitative estimate of drug-likeness (QED) is 0.595. The molecule has 1 nitrogen and oxygen atoms in total. The van der Waals surface area contributed by atoms with Gasteiger partial charge in [-0.15, -0.1) is 0 Å². The van der Waals surface area contributed by atoms with Gasteiger partial charge in [0, 0.05) is 0 Å². The van der Waals surface area contributed by atoms with Crippen molar-refractivity contribution in [1.82, 2.24) is 0 Å². The predicted octanol–water partition coefficient (Wildman–Crippen LogP) is 2.86. The third-order valence-corrected chi connectivity index (χ3v) is 2.15. The zero-order valence-electron chi connectivity index (χ0n) is 7.47. The molecule has 1 unspecified atom stereocenters. The summed E-state index contributed by atoms with van der Waals surface area (Å²) in [6.45, 7) is -0.0826. The first-order chi connectivity index (χ1) is 5.93. The molecule has 1 atom stereocenters. The second-order valence-corrected chi connectivity index (χ2v) is 3.16. The summed E-state index contributed by atoms with van der Waals surface area (Å²) >= 11 is 0. The van der Waals surface area contributed by atoms with E-state index in [1.54, 1.807) is 0 Å². The number of allylic oxidation sites excluding steroid dienone is 2. The minimum atomic E-state index is -0.355. The SMILES string of the molecule is FCCOC1CC/C=C/CCC1. The Morgan fingerprint density at radius 3 is 2.92 bits per heavy atom. The third-order valence-electron chi connectivity index (χ3n) is 2.15. The molecule has 1 aliphatic carbocycles. The maximum Gasteiger partial charge on any atom is 0.113 e. The molecular weight excluding hydrogens is 155 g/mol. The van der Waals surface area contributed by atoms with Gasteiger partial charge in [0.25, 0.3) is 0 Å². The van der Waals surface area contributed by atoms with E-state index in [0.717, 1.165) is 25.7 Å². The highest BCUT2D eigenvalue weighted by Gasteiger charge is 2.08. The van der Waals surface area contributed by atoms with Crippen LogP contribution in [0.2, 0.25) is 0 Å². The van der Waals surface area contributed by atoms with Gasteiger partial charge in [0.05, 0.1) is 12.7 Å². The Morgan fingerprint density at radius 1 is 1.25 bits per heavy atom. The minimum absolute atomic E-state index is 0.272. The molecule has 0 spiro atoms. The van der Waals surface area contributed by atoms with E-state index in [2.05, 4.69) is 12.2 Å². The van der Waals surface area contributed by atoms with E-state index >= 15 is 0 Å². The summed E-state index contributed by atoms with van der Waals surface area (Å²) in [6.07, 6.45) is 10.3. The van der Waals surface area contributed by atoms with Crippen molar-refractivity contribution in [2.45, 2.75) is 38.2 Å². The lowest BCUT2D eigenvalue weighted by atomic mass is 10.0. The highest BCUT2D eigenvalue weighted by Crippen LogP contribution is 2.15. The molecule has 0 radical (unpaired) electrons. The van der Waals surface area contributed by atoms with Crippen molar-refractivity contribution in [2.24, 2.45) is 0 Å². The fourth-order valence-electron chi connectivity index (χ4n) is 1.50. The number of rotatable bonds is 3. The highest BCUT2D eigenvalue weighted by atomic mass is 19.1. The largest absolute Gasteiger partial charge is 0.375 e. The van der Waals surface area contributed by atoms with Gasteiger partial charge in [0.2, 0.25) is 0 Å². The number of hydrogen-bond acceptors (Lipinski definition) is 1. The first-order valence-corrected chi connectivity index (χ1v) is 4.76. The third kappa shape index (κ3) is 3.86. The van der Waals surface area contributed by atoms with Crippen LogP contribution in [0.5, 0.6) is 0 Å². The van der Waals surface area contributed by atoms with Crippen LogP contribution in [0.4, 0.5) is 4.39 Å². The number of ether oxygens (including phenoxy) is 1. The van der Waals surface area contributed by atoms with E-state index in [-0.39, 0.29) is 13.3 Å². The molecule has 0 bridgehead atoms. The van der Waals surface area contributed by atoms with Crippen LogP contribution in [0, 0.1) is 0 Å². The zero-order valence-corrected chi connectivity index (χ0v) is 7.47. The van der Waals surface area contributed by atoms with Crippen molar-refractivity contribution in [3.8, 4) is 0 Å². The normalized spacial score (nSPS) is 27.6. The molecule has 0 aromatic carbocycles. The lowest BCUT2D eigenvalue weighted by molar-refractivity contribution is 0.0326. The van der Waals surface area contributed by atoms with E-state index in [1.807, 2.05) is 0 Å². The van der Waals surface area contributed by atoms with Gasteiger partial charge in [-0.1, -0.05) is 12.2 Å². The molecule has 70 valence electrons. The number of hydrogen-bond donors (Lipinski definition) is 0. The number of halogens is 1. The van der Waals surface area contributed by atoms with Crippen molar-refractivity contribution >= 4 is 0 Å². The second kappa shape index (κ2) is 6.18. The van der Waals surface area contributed by atoms with Crippen molar-refractivity contribution in [2.75, 3.05) is 13.3 Å². The molecule has 0 heterocycles. The van der Waals surface area contributed by atoms with Crippen LogP contribution in [-0.2, 0) is 4.74 Å². The molecular formula is C10H17FO. The smallest absolute Gasteiger partial charge is 0.113 e. The van der Waals surface area contributed by atoms with E-state index in [1.165, 1.54) is 6.42 Å². The molecule has 2 heteroatoms. The molecule has 0 saturated carbocycles. The second-order valence-electron chi connectivity index (χ2n) is 3.16. The topological polar surface area (TPSA) is 9.23 Å². The Balaban J connectivity index is 2.18. The Bertz CT molecular complexity index is 134. The molecule has 0 fully saturated rings. The molecule has 12 heavy (non-hydrogen) atoms. The summed E-state index contributed by atoms with van der Waals surface area (Å²) in [5.41, 5.74) is 0. The molecule has 0 aromatic rings. The van der Waals surface area contributed by atoms with E-state index in [9.17, 15) is 4.39 Å². The first kappa shape index (κ1) is 9.72. The van der Waals surface area contributed by atoms with Gasteiger partial charge in [-0.25, -0.2) is 4.39 Å². The van der Waals surface area contributed by atoms with Crippen molar-refractivity contribution in [3.63, 3.8) is 0 Å². The molecule has 0 amide bonds. The van der Waals surface area contributed by atoms with Crippen LogP contribution in [0.1, 0.15) is 32.1 Å². The lowest BCUT2D eigenvalue weighted by Gasteiger charge is -2.17. The van der Waals surface area contributed by atoms with Crippen LogP contribution in [-0.4, -0.2) is 19.4 Å². The molecule has 1 rings (SSSR count). The maximum absolute atomic E-state index is 11.8. The Morgan fingerprint density at radius 2 is 2.08 bits per heavy atom. The molecule has 0 aromatic heterocycles. The highest BCUT2D eigenvalue weighted by molar-refractivity contribution is 4.85. The average molecular weight is 172 g/mol. The molecule has 0 aliphatic heterocycles. The fourth-order valence-corrected chi connectivity index (χ4v) is 1.50. The minimum Gasteiger partial charge on any atom is -0.375 e. The summed E-state index contributed by atoms with van der Waals surface area (Å²) < 4.78 is 17.1. The van der Waals surface area contributed by atoms with Crippen molar-refractivity contribution in [3.05, 3.63) is 12.2 Å². The summed E-state index contributed by atoms with van der Waals surface area (Å²) in [5, 5.41) is 0. The van der Waals surface area contributed by atoms with E-state index in [0.29, 0.717) is 6.10 Å². The lowest BCUT2D eigenvalue weighted by Crippen LogP contribution is -2.15. The standard InChI is InChI=1S/C10H17FO/c11-8-9-12-10-6-4-2-1-3-5-7-10/h1-2,10H,3-9H2/b2-1+. The Hall–Kier alpha value is -0.370. The van der Waals surface area contributed by atoms with Crippen LogP contribution in [0.15, 0.2) is 12.2 Å². The monoisotopic (exact) mass is 172 g/mol. The van der Waals surface area contributed by atoms with Crippen LogP contribution >= 0.6 is 0 Å². The molecule has 0 N–H and O–H groups in total. The summed E-state index contributed by atoms with van der Waals surface area (Å²) in [6, 6.07) is 0. The Kier molecular flexibility index (Phi) is 5.00. The number of alkyl halides is 1. The van der Waals surface area contributed by atoms with Gasteiger partial charge in [-0.3, -0.25) is 0 Å². The van der Waals surface area contributed by atoms with Crippen molar-refractivity contribution in [1.29, 1.82) is 0 Å². The van der Waals surface area contributed by atoms with Crippen LogP contribution in [0.25, 0.3) is 0 Å².